The Bertz CT molecular complexity index is 376. The summed E-state index contributed by atoms with van der Waals surface area (Å²) in [6.07, 6.45) is 0.0859. The molecule has 16 heavy (non-hydrogen) atoms. The van der Waals surface area contributed by atoms with Crippen molar-refractivity contribution in [2.75, 3.05) is 6.61 Å². The summed E-state index contributed by atoms with van der Waals surface area (Å²) in [7, 11) is 0. The van der Waals surface area contributed by atoms with E-state index in [2.05, 4.69) is 0 Å². The SMILES string of the molecule is CCc1ccc(OCC(C)O)c([N+](=O)[O-])c1. The third kappa shape index (κ3) is 3.20. The second kappa shape index (κ2) is 5.46. The third-order valence-corrected chi connectivity index (χ3v) is 2.11. The van der Waals surface area contributed by atoms with Crippen LogP contribution in [0.5, 0.6) is 5.75 Å². The highest BCUT2D eigenvalue weighted by Crippen LogP contribution is 2.28. The van der Waals surface area contributed by atoms with Crippen LogP contribution >= 0.6 is 0 Å². The normalized spacial score (nSPS) is 12.2. The van der Waals surface area contributed by atoms with E-state index in [-0.39, 0.29) is 18.0 Å². The van der Waals surface area contributed by atoms with E-state index in [1.165, 1.54) is 6.07 Å². The molecule has 1 atom stereocenters. The lowest BCUT2D eigenvalue weighted by Gasteiger charge is -2.09. The average Bonchev–Trinajstić information content (AvgIpc) is 2.25. The number of nitrogens with zero attached hydrogens (tertiary/aromatic N) is 1. The molecule has 88 valence electrons. The van der Waals surface area contributed by atoms with Crippen LogP contribution in [-0.2, 0) is 6.42 Å². The second-order valence-corrected chi connectivity index (χ2v) is 3.57. The average molecular weight is 225 g/mol. The molecule has 5 nitrogen and oxygen atoms in total. The minimum atomic E-state index is -0.648. The largest absolute Gasteiger partial charge is 0.484 e. The van der Waals surface area contributed by atoms with Crippen LogP contribution in [0.15, 0.2) is 18.2 Å². The summed E-state index contributed by atoms with van der Waals surface area (Å²) in [5.74, 6) is 0.197. The van der Waals surface area contributed by atoms with E-state index in [0.717, 1.165) is 12.0 Å². The molecule has 0 spiro atoms. The summed E-state index contributed by atoms with van der Waals surface area (Å²) >= 11 is 0. The van der Waals surface area contributed by atoms with Crippen LogP contribution in [0.4, 0.5) is 5.69 Å². The fourth-order valence-corrected chi connectivity index (χ4v) is 1.26. The molecule has 0 aliphatic carbocycles. The minimum Gasteiger partial charge on any atom is -0.484 e. The maximum absolute atomic E-state index is 10.8. The predicted octanol–water partition coefficient (Wildman–Crippen LogP) is 1.92. The highest BCUT2D eigenvalue weighted by atomic mass is 16.6. The molecular formula is C11H15NO4. The van der Waals surface area contributed by atoms with Gasteiger partial charge in [-0.2, -0.15) is 0 Å². The zero-order valence-electron chi connectivity index (χ0n) is 9.34. The zero-order chi connectivity index (χ0) is 12.1. The maximum Gasteiger partial charge on any atom is 0.311 e. The molecule has 0 aromatic heterocycles. The summed E-state index contributed by atoms with van der Waals surface area (Å²) < 4.78 is 5.17. The molecule has 1 aromatic rings. The smallest absolute Gasteiger partial charge is 0.311 e. The van der Waals surface area contributed by atoms with E-state index in [9.17, 15) is 10.1 Å². The molecule has 0 bridgehead atoms. The van der Waals surface area contributed by atoms with Crippen molar-refractivity contribution >= 4 is 5.69 Å². The van der Waals surface area contributed by atoms with Gasteiger partial charge in [-0.15, -0.1) is 0 Å². The van der Waals surface area contributed by atoms with Gasteiger partial charge in [0, 0.05) is 6.07 Å². The van der Waals surface area contributed by atoms with Gasteiger partial charge in [-0.25, -0.2) is 0 Å². The third-order valence-electron chi connectivity index (χ3n) is 2.11. The molecule has 0 saturated heterocycles. The lowest BCUT2D eigenvalue weighted by atomic mass is 10.1. The zero-order valence-corrected chi connectivity index (χ0v) is 9.34. The minimum absolute atomic E-state index is 0.0479. The van der Waals surface area contributed by atoms with E-state index < -0.39 is 11.0 Å². The first kappa shape index (κ1) is 12.4. The van der Waals surface area contributed by atoms with Gasteiger partial charge in [0.15, 0.2) is 5.75 Å². The van der Waals surface area contributed by atoms with Crippen molar-refractivity contribution < 1.29 is 14.8 Å². The molecule has 0 aliphatic heterocycles. The standard InChI is InChI=1S/C11H15NO4/c1-3-9-4-5-11(16-7-8(2)13)10(6-9)12(14)15/h4-6,8,13H,3,7H2,1-2H3. The number of aliphatic hydroxyl groups is 1. The van der Waals surface area contributed by atoms with Crippen molar-refractivity contribution in [3.8, 4) is 5.75 Å². The summed E-state index contributed by atoms with van der Waals surface area (Å²) in [4.78, 5) is 10.3. The van der Waals surface area contributed by atoms with Crippen molar-refractivity contribution in [2.45, 2.75) is 26.4 Å². The van der Waals surface area contributed by atoms with Crippen molar-refractivity contribution in [1.29, 1.82) is 0 Å². The Labute approximate surface area is 93.8 Å². The maximum atomic E-state index is 10.8. The Kier molecular flexibility index (Phi) is 4.25. The van der Waals surface area contributed by atoms with Gasteiger partial charge in [-0.3, -0.25) is 10.1 Å². The van der Waals surface area contributed by atoms with Gasteiger partial charge in [-0.1, -0.05) is 13.0 Å². The number of hydrogen-bond donors (Lipinski definition) is 1. The second-order valence-electron chi connectivity index (χ2n) is 3.57. The molecule has 0 aliphatic rings. The van der Waals surface area contributed by atoms with Crippen LogP contribution < -0.4 is 4.74 Å². The highest BCUT2D eigenvalue weighted by molar-refractivity contribution is 5.48. The Morgan fingerprint density at radius 3 is 2.75 bits per heavy atom. The van der Waals surface area contributed by atoms with Crippen LogP contribution in [0, 0.1) is 10.1 Å². The lowest BCUT2D eigenvalue weighted by molar-refractivity contribution is -0.386. The molecule has 1 aromatic carbocycles. The van der Waals surface area contributed by atoms with Crippen LogP contribution in [0.1, 0.15) is 19.4 Å². The predicted molar refractivity (Wildman–Crippen MR) is 59.7 cm³/mol. The molecule has 1 N–H and O–H groups in total. The van der Waals surface area contributed by atoms with Gasteiger partial charge in [0.25, 0.3) is 0 Å². The summed E-state index contributed by atoms with van der Waals surface area (Å²) in [6, 6.07) is 4.85. The first-order valence-corrected chi connectivity index (χ1v) is 5.12. The van der Waals surface area contributed by atoms with Crippen molar-refractivity contribution in [3.05, 3.63) is 33.9 Å². The summed E-state index contributed by atoms with van der Waals surface area (Å²) in [5, 5.41) is 19.8. The van der Waals surface area contributed by atoms with Gasteiger partial charge < -0.3 is 9.84 Å². The Balaban J connectivity index is 2.94. The molecule has 0 fully saturated rings. The van der Waals surface area contributed by atoms with Gasteiger partial charge in [0.05, 0.1) is 11.0 Å². The van der Waals surface area contributed by atoms with Crippen LogP contribution in [0.25, 0.3) is 0 Å². The Morgan fingerprint density at radius 1 is 1.56 bits per heavy atom. The van der Waals surface area contributed by atoms with E-state index in [0.29, 0.717) is 0 Å². The van der Waals surface area contributed by atoms with Gasteiger partial charge >= 0.3 is 5.69 Å². The molecule has 5 heteroatoms. The Hall–Kier alpha value is -1.62. The molecule has 0 radical (unpaired) electrons. The molecule has 0 saturated carbocycles. The van der Waals surface area contributed by atoms with Gasteiger partial charge in [0.2, 0.25) is 0 Å². The Morgan fingerprint density at radius 2 is 2.25 bits per heavy atom. The molecule has 1 unspecified atom stereocenters. The molecule has 0 amide bonds. The number of hydrogen-bond acceptors (Lipinski definition) is 4. The van der Waals surface area contributed by atoms with E-state index >= 15 is 0 Å². The van der Waals surface area contributed by atoms with Crippen LogP contribution in [0.3, 0.4) is 0 Å². The quantitative estimate of drug-likeness (QED) is 0.613. The van der Waals surface area contributed by atoms with Crippen molar-refractivity contribution in [2.24, 2.45) is 0 Å². The monoisotopic (exact) mass is 225 g/mol. The van der Waals surface area contributed by atoms with Crippen molar-refractivity contribution in [1.82, 2.24) is 0 Å². The molecule has 1 rings (SSSR count). The fourth-order valence-electron chi connectivity index (χ4n) is 1.26. The molecular weight excluding hydrogens is 210 g/mol. The van der Waals surface area contributed by atoms with Crippen LogP contribution in [0.2, 0.25) is 0 Å². The number of ether oxygens (including phenoxy) is 1. The first-order chi connectivity index (χ1) is 7.54. The number of aryl methyl sites for hydroxylation is 1. The number of nitro benzene ring substituents is 1. The van der Waals surface area contributed by atoms with E-state index in [4.69, 9.17) is 9.84 Å². The number of rotatable bonds is 5. The van der Waals surface area contributed by atoms with Crippen LogP contribution in [-0.4, -0.2) is 22.7 Å². The summed E-state index contributed by atoms with van der Waals surface area (Å²) in [5.41, 5.74) is 0.830. The highest BCUT2D eigenvalue weighted by Gasteiger charge is 2.15. The topological polar surface area (TPSA) is 72.6 Å². The first-order valence-electron chi connectivity index (χ1n) is 5.12. The number of nitro groups is 1. The fraction of sp³-hybridized carbons (Fsp3) is 0.455. The van der Waals surface area contributed by atoms with Gasteiger partial charge in [-0.05, 0) is 25.0 Å². The van der Waals surface area contributed by atoms with Gasteiger partial charge in [0.1, 0.15) is 6.61 Å². The molecule has 0 heterocycles. The summed E-state index contributed by atoms with van der Waals surface area (Å²) in [6.45, 7) is 3.54. The number of aliphatic hydroxyl groups excluding tert-OH is 1. The van der Waals surface area contributed by atoms with Crippen molar-refractivity contribution in [3.63, 3.8) is 0 Å². The lowest BCUT2D eigenvalue weighted by Crippen LogP contribution is -2.13. The number of benzene rings is 1. The van der Waals surface area contributed by atoms with E-state index in [1.54, 1.807) is 19.1 Å². The van der Waals surface area contributed by atoms with E-state index in [1.807, 2.05) is 6.92 Å².